The molecule has 3 aromatic carbocycles. The molecule has 0 aromatic heterocycles. The number of hydrogen-bond donors (Lipinski definition) is 1. The summed E-state index contributed by atoms with van der Waals surface area (Å²) in [5.74, 6) is -0.788. The van der Waals surface area contributed by atoms with Crippen molar-refractivity contribution in [3.05, 3.63) is 94.5 Å². The predicted octanol–water partition coefficient (Wildman–Crippen LogP) is 4.75. The first-order chi connectivity index (χ1) is 18.1. The van der Waals surface area contributed by atoms with Gasteiger partial charge in [0, 0.05) is 18.6 Å². The van der Waals surface area contributed by atoms with E-state index in [1.165, 1.54) is 24.1 Å². The number of nitrogens with zero attached hydrogens (tertiary/aromatic N) is 2. The molecule has 3 rings (SSSR count). The van der Waals surface area contributed by atoms with Crippen LogP contribution in [0, 0.1) is 13.8 Å². The number of hydrogen-bond acceptors (Lipinski definition) is 4. The van der Waals surface area contributed by atoms with Gasteiger partial charge >= 0.3 is 0 Å². The van der Waals surface area contributed by atoms with Crippen LogP contribution in [0.2, 0.25) is 5.02 Å². The number of benzene rings is 3. The highest BCUT2D eigenvalue weighted by Crippen LogP contribution is 2.28. The van der Waals surface area contributed by atoms with Gasteiger partial charge in [0.25, 0.3) is 10.0 Å². The Morgan fingerprint density at radius 1 is 0.974 bits per heavy atom. The Labute approximate surface area is 230 Å². The maximum Gasteiger partial charge on any atom is 0.264 e. The van der Waals surface area contributed by atoms with Gasteiger partial charge in [-0.3, -0.25) is 13.9 Å². The van der Waals surface area contributed by atoms with Crippen LogP contribution in [0.1, 0.15) is 30.0 Å². The molecule has 0 aliphatic carbocycles. The lowest BCUT2D eigenvalue weighted by Gasteiger charge is -2.33. The molecule has 0 spiro atoms. The van der Waals surface area contributed by atoms with Crippen LogP contribution in [0.25, 0.3) is 0 Å². The Kier molecular flexibility index (Phi) is 9.94. The minimum absolute atomic E-state index is 0.0572. The van der Waals surface area contributed by atoms with E-state index in [1.807, 2.05) is 51.1 Å². The summed E-state index contributed by atoms with van der Waals surface area (Å²) in [7, 11) is -2.61. The van der Waals surface area contributed by atoms with E-state index in [0.717, 1.165) is 21.0 Å². The molecular weight excluding hydrogens is 522 g/mol. The van der Waals surface area contributed by atoms with E-state index in [0.29, 0.717) is 17.9 Å². The molecule has 0 heterocycles. The summed E-state index contributed by atoms with van der Waals surface area (Å²) >= 11 is 6.35. The Morgan fingerprint density at radius 3 is 2.21 bits per heavy atom. The van der Waals surface area contributed by atoms with Crippen molar-refractivity contribution in [1.29, 1.82) is 0 Å². The second kappa shape index (κ2) is 12.9. The van der Waals surface area contributed by atoms with Crippen LogP contribution < -0.4 is 9.62 Å². The van der Waals surface area contributed by atoms with E-state index in [-0.39, 0.29) is 23.0 Å². The van der Waals surface area contributed by atoms with Crippen molar-refractivity contribution in [2.75, 3.05) is 24.4 Å². The fourth-order valence-electron chi connectivity index (χ4n) is 4.17. The zero-order chi connectivity index (χ0) is 27.9. The molecule has 1 atom stereocenters. The van der Waals surface area contributed by atoms with Crippen LogP contribution in [-0.2, 0) is 26.0 Å². The summed E-state index contributed by atoms with van der Waals surface area (Å²) in [6, 6.07) is 20.2. The van der Waals surface area contributed by atoms with E-state index in [1.54, 1.807) is 30.3 Å². The SMILES string of the molecule is CC[C@H](C(=O)NC)N(CCc1ccccc1)C(=O)CN(c1ccc(C)c(Cl)c1)S(=O)(=O)c1ccc(C)cc1. The number of carbonyl (C=O) groups excluding carboxylic acids is 2. The smallest absolute Gasteiger partial charge is 0.264 e. The van der Waals surface area contributed by atoms with Crippen LogP contribution in [0.3, 0.4) is 0 Å². The molecule has 0 bridgehead atoms. The monoisotopic (exact) mass is 555 g/mol. The molecule has 1 N–H and O–H groups in total. The minimum Gasteiger partial charge on any atom is -0.357 e. The number of sulfonamides is 1. The third-order valence-electron chi connectivity index (χ3n) is 6.45. The van der Waals surface area contributed by atoms with Gasteiger partial charge in [0.05, 0.1) is 10.6 Å². The molecule has 38 heavy (non-hydrogen) atoms. The summed E-state index contributed by atoms with van der Waals surface area (Å²) < 4.78 is 28.7. The lowest BCUT2D eigenvalue weighted by atomic mass is 10.1. The number of rotatable bonds is 11. The van der Waals surface area contributed by atoms with Crippen molar-refractivity contribution in [1.82, 2.24) is 10.2 Å². The van der Waals surface area contributed by atoms with Gasteiger partial charge in [-0.15, -0.1) is 0 Å². The third kappa shape index (κ3) is 6.94. The first-order valence-corrected chi connectivity index (χ1v) is 14.3. The van der Waals surface area contributed by atoms with Crippen molar-refractivity contribution < 1.29 is 18.0 Å². The number of anilines is 1. The summed E-state index contributed by atoms with van der Waals surface area (Å²) in [5.41, 5.74) is 2.97. The van der Waals surface area contributed by atoms with Gasteiger partial charge in [-0.1, -0.05) is 72.6 Å². The number of carbonyl (C=O) groups is 2. The molecule has 0 saturated heterocycles. The standard InChI is InChI=1S/C29H34ClN3O4S/c1-5-27(29(35)31-4)32(18-17-23-9-7-6-8-10-23)28(34)20-33(24-14-13-22(3)26(30)19-24)38(36,37)25-15-11-21(2)12-16-25/h6-16,19,27H,5,17-18,20H2,1-4H3,(H,31,35)/t27-/m1/s1. The maximum absolute atomic E-state index is 13.9. The number of nitrogens with one attached hydrogen (secondary N) is 1. The highest BCUT2D eigenvalue weighted by atomic mass is 35.5. The van der Waals surface area contributed by atoms with Gasteiger partial charge < -0.3 is 10.2 Å². The normalized spacial score (nSPS) is 12.0. The summed E-state index contributed by atoms with van der Waals surface area (Å²) in [5, 5.41) is 3.01. The minimum atomic E-state index is -4.13. The molecule has 2 amide bonds. The fourth-order valence-corrected chi connectivity index (χ4v) is 5.75. The number of amides is 2. The third-order valence-corrected chi connectivity index (χ3v) is 8.64. The Bertz CT molecular complexity index is 1360. The molecule has 0 aliphatic rings. The summed E-state index contributed by atoms with van der Waals surface area (Å²) in [6.45, 7) is 5.27. The van der Waals surface area contributed by atoms with Crippen molar-refractivity contribution in [3.63, 3.8) is 0 Å². The van der Waals surface area contributed by atoms with E-state index in [9.17, 15) is 18.0 Å². The second-order valence-corrected chi connectivity index (χ2v) is 11.4. The van der Waals surface area contributed by atoms with Crippen LogP contribution in [0.5, 0.6) is 0 Å². The van der Waals surface area contributed by atoms with Crippen molar-refractivity contribution >= 4 is 39.1 Å². The summed E-state index contributed by atoms with van der Waals surface area (Å²) in [6.07, 6.45) is 0.891. The largest absolute Gasteiger partial charge is 0.357 e. The average Bonchev–Trinajstić information content (AvgIpc) is 2.91. The Morgan fingerprint density at radius 2 is 1.63 bits per heavy atom. The van der Waals surface area contributed by atoms with Crippen molar-refractivity contribution in [2.24, 2.45) is 0 Å². The quantitative estimate of drug-likeness (QED) is 0.370. The van der Waals surface area contributed by atoms with E-state index in [4.69, 9.17) is 11.6 Å². The fraction of sp³-hybridized carbons (Fsp3) is 0.310. The second-order valence-electron chi connectivity index (χ2n) is 9.12. The van der Waals surface area contributed by atoms with E-state index >= 15 is 0 Å². The molecular formula is C29H34ClN3O4S. The lowest BCUT2D eigenvalue weighted by molar-refractivity contribution is -0.139. The van der Waals surface area contributed by atoms with Crippen LogP contribution in [0.15, 0.2) is 77.7 Å². The van der Waals surface area contributed by atoms with E-state index < -0.39 is 28.5 Å². The molecule has 9 heteroatoms. The van der Waals surface area contributed by atoms with Gasteiger partial charge in [0.2, 0.25) is 11.8 Å². The van der Waals surface area contributed by atoms with Gasteiger partial charge in [-0.2, -0.15) is 0 Å². The highest BCUT2D eigenvalue weighted by molar-refractivity contribution is 7.92. The number of aryl methyl sites for hydroxylation is 2. The molecule has 0 aliphatic heterocycles. The topological polar surface area (TPSA) is 86.8 Å². The van der Waals surface area contributed by atoms with Gasteiger partial charge in [0.15, 0.2) is 0 Å². The molecule has 0 fully saturated rings. The van der Waals surface area contributed by atoms with Crippen LogP contribution >= 0.6 is 11.6 Å². The maximum atomic E-state index is 13.9. The van der Waals surface area contributed by atoms with Crippen molar-refractivity contribution in [2.45, 2.75) is 44.6 Å². The first kappa shape index (κ1) is 29.2. The van der Waals surface area contributed by atoms with Gasteiger partial charge in [-0.05, 0) is 62.1 Å². The van der Waals surface area contributed by atoms with E-state index in [2.05, 4.69) is 5.32 Å². The zero-order valence-corrected chi connectivity index (χ0v) is 23.7. The predicted molar refractivity (Wildman–Crippen MR) is 152 cm³/mol. The Balaban J connectivity index is 2.03. The van der Waals surface area contributed by atoms with Crippen molar-refractivity contribution in [3.8, 4) is 0 Å². The molecule has 3 aromatic rings. The Hall–Kier alpha value is -3.36. The molecule has 0 radical (unpaired) electrons. The molecule has 0 unspecified atom stereocenters. The zero-order valence-electron chi connectivity index (χ0n) is 22.1. The summed E-state index contributed by atoms with van der Waals surface area (Å²) in [4.78, 5) is 28.1. The molecule has 0 saturated carbocycles. The average molecular weight is 556 g/mol. The molecule has 7 nitrogen and oxygen atoms in total. The van der Waals surface area contributed by atoms with Gasteiger partial charge in [0.1, 0.15) is 12.6 Å². The lowest BCUT2D eigenvalue weighted by Crippen LogP contribution is -2.52. The molecule has 202 valence electrons. The first-order valence-electron chi connectivity index (χ1n) is 12.5. The van der Waals surface area contributed by atoms with Crippen LogP contribution in [0.4, 0.5) is 5.69 Å². The number of likely N-dealkylation sites (N-methyl/N-ethyl adjacent to an activating group) is 1. The highest BCUT2D eigenvalue weighted by Gasteiger charge is 2.33. The van der Waals surface area contributed by atoms with Gasteiger partial charge in [-0.25, -0.2) is 8.42 Å². The van der Waals surface area contributed by atoms with Crippen LogP contribution in [-0.4, -0.2) is 51.3 Å². The number of halogens is 1.